The first-order chi connectivity index (χ1) is 12.7. The van der Waals surface area contributed by atoms with E-state index in [0.29, 0.717) is 0 Å². The fraction of sp³-hybridized carbons (Fsp3) is 0.571. The minimum Gasteiger partial charge on any atom is -0.362 e. The molecule has 4 nitrogen and oxygen atoms in total. The summed E-state index contributed by atoms with van der Waals surface area (Å²) in [4.78, 5) is 8.31. The zero-order valence-corrected chi connectivity index (χ0v) is 16.2. The second kappa shape index (κ2) is 7.97. The summed E-state index contributed by atoms with van der Waals surface area (Å²) in [6.07, 6.45) is 11.1. The number of likely N-dealkylation sites (tertiary alicyclic amines) is 1. The molecule has 0 aromatic heterocycles. The number of piperidine rings is 1. The molecule has 1 saturated carbocycles. The van der Waals surface area contributed by atoms with Gasteiger partial charge in [-0.15, -0.1) is 0 Å². The molecule has 3 aliphatic rings. The minimum atomic E-state index is -0.194. The fourth-order valence-corrected chi connectivity index (χ4v) is 4.57. The normalized spacial score (nSPS) is 22.8. The molecule has 1 aliphatic carbocycles. The first kappa shape index (κ1) is 17.8. The van der Waals surface area contributed by atoms with E-state index in [-0.39, 0.29) is 5.60 Å². The summed E-state index contributed by atoms with van der Waals surface area (Å²) in [6, 6.07) is 10.4. The molecule has 2 heterocycles. The van der Waals surface area contributed by atoms with Crippen molar-refractivity contribution < 1.29 is 4.84 Å². The van der Waals surface area contributed by atoms with Gasteiger partial charge < -0.3 is 10.2 Å². The molecule has 2 N–H and O–H groups in total. The van der Waals surface area contributed by atoms with E-state index in [1.165, 1.54) is 37.7 Å². The smallest absolute Gasteiger partial charge is 0.168 e. The summed E-state index contributed by atoms with van der Waals surface area (Å²) >= 11 is 5.65. The van der Waals surface area contributed by atoms with Crippen LogP contribution in [0.25, 0.3) is 5.70 Å². The Morgan fingerprint density at radius 2 is 1.88 bits per heavy atom. The number of hydrogen-bond donors (Lipinski definition) is 2. The van der Waals surface area contributed by atoms with Gasteiger partial charge in [0.1, 0.15) is 5.60 Å². The highest BCUT2D eigenvalue weighted by Gasteiger charge is 2.39. The van der Waals surface area contributed by atoms with Crippen LogP contribution in [0.3, 0.4) is 0 Å². The Balaban J connectivity index is 1.28. The van der Waals surface area contributed by atoms with E-state index in [1.807, 2.05) is 6.07 Å². The maximum atomic E-state index is 6.00. The van der Waals surface area contributed by atoms with Crippen molar-refractivity contribution in [2.75, 3.05) is 19.6 Å². The Labute approximate surface area is 161 Å². The first-order valence-corrected chi connectivity index (χ1v) is 10.4. The molecule has 0 unspecified atom stereocenters. The van der Waals surface area contributed by atoms with Crippen LogP contribution in [0.1, 0.15) is 50.5 Å². The molecule has 1 spiro atoms. The third-order valence-electron chi connectivity index (χ3n) is 6.02. The zero-order valence-electron chi connectivity index (χ0n) is 15.4. The van der Waals surface area contributed by atoms with Crippen LogP contribution in [-0.2, 0) is 4.84 Å². The van der Waals surface area contributed by atoms with Gasteiger partial charge in [0.05, 0.1) is 5.70 Å². The molecule has 2 aliphatic heterocycles. The minimum absolute atomic E-state index is 0.194. The topological polar surface area (TPSA) is 36.5 Å². The van der Waals surface area contributed by atoms with Gasteiger partial charge in [-0.2, -0.15) is 0 Å². The van der Waals surface area contributed by atoms with Crippen LogP contribution >= 0.6 is 12.2 Å². The predicted octanol–water partition coefficient (Wildman–Crippen LogP) is 3.85. The van der Waals surface area contributed by atoms with Crippen molar-refractivity contribution in [2.24, 2.45) is 5.92 Å². The van der Waals surface area contributed by atoms with Crippen molar-refractivity contribution in [1.29, 1.82) is 0 Å². The van der Waals surface area contributed by atoms with Gasteiger partial charge in [-0.1, -0.05) is 49.6 Å². The average Bonchev–Trinajstić information content (AvgIpc) is 3.12. The average molecular weight is 372 g/mol. The van der Waals surface area contributed by atoms with Gasteiger partial charge in [0.15, 0.2) is 5.11 Å². The molecule has 1 saturated heterocycles. The van der Waals surface area contributed by atoms with E-state index in [0.717, 1.165) is 49.2 Å². The van der Waals surface area contributed by atoms with E-state index < -0.39 is 0 Å². The predicted molar refractivity (Wildman–Crippen MR) is 109 cm³/mol. The molecular weight excluding hydrogens is 342 g/mol. The number of nitrogens with zero attached hydrogens (tertiary/aromatic N) is 1. The van der Waals surface area contributed by atoms with Gasteiger partial charge in [0.25, 0.3) is 0 Å². The van der Waals surface area contributed by atoms with Gasteiger partial charge in [-0.25, -0.2) is 0 Å². The van der Waals surface area contributed by atoms with E-state index in [4.69, 9.17) is 17.1 Å². The Hall–Kier alpha value is -1.59. The summed E-state index contributed by atoms with van der Waals surface area (Å²) in [5.41, 5.74) is 5.20. The molecule has 1 aromatic carbocycles. The van der Waals surface area contributed by atoms with Crippen LogP contribution in [0.15, 0.2) is 36.4 Å². The Morgan fingerprint density at radius 1 is 1.15 bits per heavy atom. The van der Waals surface area contributed by atoms with E-state index >= 15 is 0 Å². The van der Waals surface area contributed by atoms with Crippen molar-refractivity contribution >= 4 is 23.0 Å². The van der Waals surface area contributed by atoms with Crippen LogP contribution in [0, 0.1) is 5.92 Å². The molecule has 26 heavy (non-hydrogen) atoms. The van der Waals surface area contributed by atoms with Crippen LogP contribution in [-0.4, -0.2) is 35.2 Å². The highest BCUT2D eigenvalue weighted by Crippen LogP contribution is 2.34. The van der Waals surface area contributed by atoms with Crippen LogP contribution in [0.4, 0.5) is 0 Å². The van der Waals surface area contributed by atoms with Gasteiger partial charge in [-0.05, 0) is 42.6 Å². The molecule has 0 radical (unpaired) electrons. The maximum Gasteiger partial charge on any atom is 0.168 e. The van der Waals surface area contributed by atoms with Crippen LogP contribution in [0.2, 0.25) is 0 Å². The molecule has 0 amide bonds. The highest BCUT2D eigenvalue weighted by molar-refractivity contribution is 7.80. The second-order valence-electron chi connectivity index (χ2n) is 7.87. The number of rotatable bonds is 3. The molecule has 0 atom stereocenters. The molecular formula is C21H29N3OS. The van der Waals surface area contributed by atoms with E-state index in [1.54, 1.807) is 0 Å². The SMILES string of the molecule is S=C(NCC1CCCCC1)N1CCC2(C=C(c3ccccc3)NO2)CC1. The van der Waals surface area contributed by atoms with Gasteiger partial charge in [-0.3, -0.25) is 10.3 Å². The number of benzene rings is 1. The monoisotopic (exact) mass is 371 g/mol. The van der Waals surface area contributed by atoms with E-state index in [9.17, 15) is 0 Å². The van der Waals surface area contributed by atoms with Gasteiger partial charge in [0, 0.05) is 32.5 Å². The quantitative estimate of drug-likeness (QED) is 0.789. The molecule has 140 valence electrons. The summed E-state index contributed by atoms with van der Waals surface area (Å²) < 4.78 is 0. The molecule has 4 rings (SSSR count). The third-order valence-corrected chi connectivity index (χ3v) is 6.42. The molecule has 5 heteroatoms. The molecule has 1 aromatic rings. The third kappa shape index (κ3) is 4.04. The van der Waals surface area contributed by atoms with Crippen LogP contribution in [0.5, 0.6) is 0 Å². The number of thiocarbonyl (C=S) groups is 1. The summed E-state index contributed by atoms with van der Waals surface area (Å²) in [6.45, 7) is 2.92. The van der Waals surface area contributed by atoms with Gasteiger partial charge >= 0.3 is 0 Å². The van der Waals surface area contributed by atoms with Crippen LogP contribution < -0.4 is 10.8 Å². The Morgan fingerprint density at radius 3 is 2.62 bits per heavy atom. The lowest BCUT2D eigenvalue weighted by molar-refractivity contribution is -0.0618. The van der Waals surface area contributed by atoms with Crippen molar-refractivity contribution in [2.45, 2.75) is 50.5 Å². The van der Waals surface area contributed by atoms with Crippen molar-refractivity contribution in [3.63, 3.8) is 0 Å². The van der Waals surface area contributed by atoms with E-state index in [2.05, 4.69) is 46.0 Å². The van der Waals surface area contributed by atoms with Gasteiger partial charge in [0.2, 0.25) is 0 Å². The lowest BCUT2D eigenvalue weighted by Crippen LogP contribution is -2.50. The first-order valence-electron chi connectivity index (χ1n) is 9.99. The maximum absolute atomic E-state index is 6.00. The van der Waals surface area contributed by atoms with Crippen molar-refractivity contribution in [1.82, 2.24) is 15.7 Å². The van der Waals surface area contributed by atoms with Crippen molar-refractivity contribution in [3.8, 4) is 0 Å². The lowest BCUT2D eigenvalue weighted by atomic mass is 9.89. The highest BCUT2D eigenvalue weighted by atomic mass is 32.1. The summed E-state index contributed by atoms with van der Waals surface area (Å²) in [7, 11) is 0. The molecule has 2 fully saturated rings. The molecule has 0 bridgehead atoms. The second-order valence-corrected chi connectivity index (χ2v) is 8.26. The fourth-order valence-electron chi connectivity index (χ4n) is 4.31. The summed E-state index contributed by atoms with van der Waals surface area (Å²) in [5, 5.41) is 4.44. The standard InChI is InChI=1S/C21H29N3OS/c26-20(22-16-17-7-3-1-4-8-17)24-13-11-21(12-14-24)15-19(23-25-21)18-9-5-2-6-10-18/h2,5-6,9-10,15,17,23H,1,3-4,7-8,11-14,16H2,(H,22,26). The lowest BCUT2D eigenvalue weighted by Gasteiger charge is -2.38. The van der Waals surface area contributed by atoms with Crippen molar-refractivity contribution in [3.05, 3.63) is 42.0 Å². The summed E-state index contributed by atoms with van der Waals surface area (Å²) in [5.74, 6) is 0.802. The Bertz CT molecular complexity index is 646. The Kier molecular flexibility index (Phi) is 5.46. The number of nitrogens with one attached hydrogen (secondary N) is 2. The zero-order chi connectivity index (χ0) is 17.8. The largest absolute Gasteiger partial charge is 0.362 e. The number of hydrogen-bond acceptors (Lipinski definition) is 3. The number of hydroxylamine groups is 1.